The maximum Gasteiger partial charge on any atom is 0.236 e. The quantitative estimate of drug-likeness (QED) is 0.856. The van der Waals surface area contributed by atoms with Crippen molar-refractivity contribution in [2.75, 3.05) is 19.6 Å². The standard InChI is InChI=1S/C12H19N3O2/c1-9-7-14-12(17-9)10(2)13-8-11(16)15-5-3-4-6-15/h7,10,13H,3-6,8H2,1-2H3. The van der Waals surface area contributed by atoms with Crippen molar-refractivity contribution >= 4 is 5.91 Å². The van der Waals surface area contributed by atoms with Gasteiger partial charge in [-0.2, -0.15) is 0 Å². The first-order valence-corrected chi connectivity index (χ1v) is 6.10. The molecule has 0 radical (unpaired) electrons. The van der Waals surface area contributed by atoms with Crippen molar-refractivity contribution < 1.29 is 9.21 Å². The van der Waals surface area contributed by atoms with E-state index in [4.69, 9.17) is 4.42 Å². The number of hydrogen-bond acceptors (Lipinski definition) is 4. The Labute approximate surface area is 101 Å². The summed E-state index contributed by atoms with van der Waals surface area (Å²) in [6, 6.07) is -0.0322. The Hall–Kier alpha value is -1.36. The van der Waals surface area contributed by atoms with Crippen LogP contribution in [-0.2, 0) is 4.79 Å². The molecule has 1 N–H and O–H groups in total. The molecule has 1 unspecified atom stereocenters. The fourth-order valence-corrected chi connectivity index (χ4v) is 1.98. The van der Waals surface area contributed by atoms with Gasteiger partial charge in [-0.3, -0.25) is 10.1 Å². The van der Waals surface area contributed by atoms with E-state index in [9.17, 15) is 4.79 Å². The third-order valence-corrected chi connectivity index (χ3v) is 3.03. The smallest absolute Gasteiger partial charge is 0.236 e. The summed E-state index contributed by atoms with van der Waals surface area (Å²) in [5, 5.41) is 3.14. The second-order valence-corrected chi connectivity index (χ2v) is 4.50. The average molecular weight is 237 g/mol. The molecule has 0 aliphatic carbocycles. The van der Waals surface area contributed by atoms with Crippen molar-refractivity contribution in [1.82, 2.24) is 15.2 Å². The molecule has 1 fully saturated rings. The number of likely N-dealkylation sites (tertiary alicyclic amines) is 1. The van der Waals surface area contributed by atoms with E-state index in [1.807, 2.05) is 18.7 Å². The molecule has 1 saturated heterocycles. The Morgan fingerprint density at radius 2 is 2.29 bits per heavy atom. The van der Waals surface area contributed by atoms with E-state index in [2.05, 4.69) is 10.3 Å². The molecule has 1 amide bonds. The van der Waals surface area contributed by atoms with E-state index in [0.717, 1.165) is 31.7 Å². The summed E-state index contributed by atoms with van der Waals surface area (Å²) in [7, 11) is 0. The molecule has 94 valence electrons. The Bertz CT molecular complexity index is 383. The van der Waals surface area contributed by atoms with E-state index < -0.39 is 0 Å². The van der Waals surface area contributed by atoms with E-state index in [0.29, 0.717) is 12.4 Å². The highest BCUT2D eigenvalue weighted by Crippen LogP contribution is 2.12. The molecule has 5 heteroatoms. The number of oxazole rings is 1. The first kappa shape index (κ1) is 12.1. The highest BCUT2D eigenvalue weighted by atomic mass is 16.4. The summed E-state index contributed by atoms with van der Waals surface area (Å²) in [5.74, 6) is 1.59. The Morgan fingerprint density at radius 3 is 2.88 bits per heavy atom. The number of hydrogen-bond donors (Lipinski definition) is 1. The molecule has 2 heterocycles. The molecule has 1 atom stereocenters. The van der Waals surface area contributed by atoms with Crippen molar-refractivity contribution in [2.24, 2.45) is 0 Å². The van der Waals surface area contributed by atoms with E-state index >= 15 is 0 Å². The SMILES string of the molecule is Cc1cnc(C(C)NCC(=O)N2CCCC2)o1. The van der Waals surface area contributed by atoms with Crippen molar-refractivity contribution in [1.29, 1.82) is 0 Å². The van der Waals surface area contributed by atoms with Crippen molar-refractivity contribution in [3.05, 3.63) is 17.8 Å². The van der Waals surface area contributed by atoms with Gasteiger partial charge in [0.15, 0.2) is 0 Å². The lowest BCUT2D eigenvalue weighted by Gasteiger charge is -2.17. The molecular weight excluding hydrogens is 218 g/mol. The maximum atomic E-state index is 11.8. The zero-order valence-corrected chi connectivity index (χ0v) is 10.4. The monoisotopic (exact) mass is 237 g/mol. The van der Waals surface area contributed by atoms with Crippen LogP contribution in [0.3, 0.4) is 0 Å². The molecule has 0 saturated carbocycles. The van der Waals surface area contributed by atoms with Gasteiger partial charge >= 0.3 is 0 Å². The molecule has 17 heavy (non-hydrogen) atoms. The summed E-state index contributed by atoms with van der Waals surface area (Å²) in [6.45, 7) is 5.95. The van der Waals surface area contributed by atoms with Crippen LogP contribution >= 0.6 is 0 Å². The molecule has 1 aromatic heterocycles. The number of nitrogens with one attached hydrogen (secondary N) is 1. The van der Waals surface area contributed by atoms with Gasteiger partial charge in [-0.1, -0.05) is 0 Å². The van der Waals surface area contributed by atoms with Gasteiger partial charge in [0.05, 0.1) is 18.8 Å². The maximum absolute atomic E-state index is 11.8. The zero-order chi connectivity index (χ0) is 12.3. The number of aromatic nitrogens is 1. The van der Waals surface area contributed by atoms with Crippen LogP contribution in [0.5, 0.6) is 0 Å². The molecule has 0 aromatic carbocycles. The summed E-state index contributed by atoms with van der Waals surface area (Å²) in [6.07, 6.45) is 3.94. The number of carbonyl (C=O) groups excluding carboxylic acids is 1. The fourth-order valence-electron chi connectivity index (χ4n) is 1.98. The molecule has 1 aromatic rings. The van der Waals surface area contributed by atoms with Gasteiger partial charge < -0.3 is 9.32 Å². The predicted molar refractivity (Wildman–Crippen MR) is 63.5 cm³/mol. The first-order chi connectivity index (χ1) is 8.16. The zero-order valence-electron chi connectivity index (χ0n) is 10.4. The highest BCUT2D eigenvalue weighted by Gasteiger charge is 2.19. The highest BCUT2D eigenvalue weighted by molar-refractivity contribution is 5.78. The topological polar surface area (TPSA) is 58.4 Å². The van der Waals surface area contributed by atoms with Gasteiger partial charge in [0, 0.05) is 13.1 Å². The van der Waals surface area contributed by atoms with E-state index in [-0.39, 0.29) is 11.9 Å². The Balaban J connectivity index is 1.79. The van der Waals surface area contributed by atoms with Crippen molar-refractivity contribution in [3.8, 4) is 0 Å². The fraction of sp³-hybridized carbons (Fsp3) is 0.667. The minimum absolute atomic E-state index is 0.0322. The van der Waals surface area contributed by atoms with Crippen LogP contribution in [0, 0.1) is 6.92 Å². The molecule has 5 nitrogen and oxygen atoms in total. The molecule has 2 rings (SSSR count). The van der Waals surface area contributed by atoms with Gasteiger partial charge in [-0.05, 0) is 26.7 Å². The summed E-state index contributed by atoms with van der Waals surface area (Å²) in [5.41, 5.74) is 0. The second-order valence-electron chi connectivity index (χ2n) is 4.50. The number of nitrogens with zero attached hydrogens (tertiary/aromatic N) is 2. The number of aryl methyl sites for hydroxylation is 1. The Kier molecular flexibility index (Phi) is 3.78. The van der Waals surface area contributed by atoms with Crippen LogP contribution in [-0.4, -0.2) is 35.4 Å². The van der Waals surface area contributed by atoms with E-state index in [1.165, 1.54) is 0 Å². The van der Waals surface area contributed by atoms with Crippen LogP contribution in [0.15, 0.2) is 10.6 Å². The lowest BCUT2D eigenvalue weighted by atomic mass is 10.3. The van der Waals surface area contributed by atoms with Crippen LogP contribution in [0.4, 0.5) is 0 Å². The molecule has 0 bridgehead atoms. The van der Waals surface area contributed by atoms with Crippen molar-refractivity contribution in [3.63, 3.8) is 0 Å². The van der Waals surface area contributed by atoms with Crippen LogP contribution in [0.25, 0.3) is 0 Å². The third-order valence-electron chi connectivity index (χ3n) is 3.03. The third kappa shape index (κ3) is 3.06. The number of amides is 1. The van der Waals surface area contributed by atoms with Crippen LogP contribution in [0.2, 0.25) is 0 Å². The van der Waals surface area contributed by atoms with Gasteiger partial charge in [0.25, 0.3) is 0 Å². The van der Waals surface area contributed by atoms with Crippen molar-refractivity contribution in [2.45, 2.75) is 32.7 Å². The van der Waals surface area contributed by atoms with Crippen LogP contribution < -0.4 is 5.32 Å². The Morgan fingerprint density at radius 1 is 1.59 bits per heavy atom. The van der Waals surface area contributed by atoms with Gasteiger partial charge in [0.2, 0.25) is 11.8 Å². The number of rotatable bonds is 4. The summed E-state index contributed by atoms with van der Waals surface area (Å²) in [4.78, 5) is 17.8. The molecule has 1 aliphatic heterocycles. The predicted octanol–water partition coefficient (Wildman–Crippen LogP) is 1.26. The largest absolute Gasteiger partial charge is 0.444 e. The van der Waals surface area contributed by atoms with E-state index in [1.54, 1.807) is 6.20 Å². The van der Waals surface area contributed by atoms with Gasteiger partial charge in [-0.25, -0.2) is 4.98 Å². The minimum atomic E-state index is -0.0322. The van der Waals surface area contributed by atoms with Gasteiger partial charge in [0.1, 0.15) is 5.76 Å². The summed E-state index contributed by atoms with van der Waals surface area (Å²) >= 11 is 0. The number of carbonyl (C=O) groups is 1. The molecular formula is C12H19N3O2. The lowest BCUT2D eigenvalue weighted by molar-refractivity contribution is -0.129. The van der Waals surface area contributed by atoms with Crippen LogP contribution in [0.1, 0.15) is 37.5 Å². The minimum Gasteiger partial charge on any atom is -0.444 e. The lowest BCUT2D eigenvalue weighted by Crippen LogP contribution is -2.37. The molecule has 1 aliphatic rings. The normalized spacial score (nSPS) is 17.4. The summed E-state index contributed by atoms with van der Waals surface area (Å²) < 4.78 is 5.40. The molecule has 0 spiro atoms. The average Bonchev–Trinajstić information content (AvgIpc) is 2.95. The van der Waals surface area contributed by atoms with Gasteiger partial charge in [-0.15, -0.1) is 0 Å². The second kappa shape index (κ2) is 5.31. The first-order valence-electron chi connectivity index (χ1n) is 6.10.